The number of anilines is 1. The lowest BCUT2D eigenvalue weighted by atomic mass is 9.91. The fraction of sp³-hybridized carbons (Fsp3) is 0.174. The highest BCUT2D eigenvalue weighted by Gasteiger charge is 2.45. The summed E-state index contributed by atoms with van der Waals surface area (Å²) in [6, 6.07) is 11.5. The first-order chi connectivity index (χ1) is 14.4. The van der Waals surface area contributed by atoms with Gasteiger partial charge in [0.25, 0.3) is 11.5 Å². The number of pyridine rings is 1. The zero-order valence-electron chi connectivity index (χ0n) is 16.5. The number of aliphatic hydroxyl groups is 1. The Morgan fingerprint density at radius 1 is 1.10 bits per heavy atom. The van der Waals surface area contributed by atoms with E-state index in [9.17, 15) is 19.5 Å². The average molecular weight is 420 g/mol. The zero-order chi connectivity index (χ0) is 21.4. The summed E-state index contributed by atoms with van der Waals surface area (Å²) in [7, 11) is 0. The molecule has 3 aromatic rings. The summed E-state index contributed by atoms with van der Waals surface area (Å²) < 4.78 is 0. The van der Waals surface area contributed by atoms with E-state index in [0.717, 1.165) is 11.1 Å². The molecule has 2 aromatic heterocycles. The van der Waals surface area contributed by atoms with Gasteiger partial charge in [0.05, 0.1) is 5.57 Å². The van der Waals surface area contributed by atoms with Crippen molar-refractivity contribution < 1.29 is 14.7 Å². The standard InChI is InChI=1S/C23H20N2O4S/c1-13(2)20(26)18-19(17-4-3-10-24-22(17)28)25(23(29)21(18)27)16-7-5-14(6-8-16)15-9-11-30-12-15/h3-13,19,27H,1-2H3,(H,24,28). The zero-order valence-corrected chi connectivity index (χ0v) is 17.3. The second kappa shape index (κ2) is 7.76. The van der Waals surface area contributed by atoms with Gasteiger partial charge in [-0.3, -0.25) is 19.3 Å². The van der Waals surface area contributed by atoms with Crippen LogP contribution in [-0.2, 0) is 9.59 Å². The number of amides is 1. The lowest BCUT2D eigenvalue weighted by Gasteiger charge is -2.26. The molecule has 2 N–H and O–H groups in total. The molecule has 7 heteroatoms. The van der Waals surface area contributed by atoms with Crippen molar-refractivity contribution in [3.05, 3.63) is 86.7 Å². The molecule has 3 heterocycles. The molecule has 1 amide bonds. The Morgan fingerprint density at radius 3 is 2.43 bits per heavy atom. The molecular formula is C23H20N2O4S. The number of aromatic nitrogens is 1. The molecule has 6 nitrogen and oxygen atoms in total. The fourth-order valence-corrected chi connectivity index (χ4v) is 4.29. The summed E-state index contributed by atoms with van der Waals surface area (Å²) >= 11 is 1.59. The van der Waals surface area contributed by atoms with Gasteiger partial charge in [-0.05, 0) is 52.2 Å². The first-order valence-corrected chi connectivity index (χ1v) is 10.5. The van der Waals surface area contributed by atoms with E-state index in [0.29, 0.717) is 5.69 Å². The number of thiophene rings is 1. The molecule has 30 heavy (non-hydrogen) atoms. The molecule has 152 valence electrons. The van der Waals surface area contributed by atoms with Gasteiger partial charge in [-0.15, -0.1) is 0 Å². The number of ketones is 1. The molecule has 1 aliphatic heterocycles. The lowest BCUT2D eigenvalue weighted by molar-refractivity contribution is -0.119. The molecule has 0 saturated carbocycles. The number of rotatable bonds is 5. The number of aliphatic hydroxyl groups excluding tert-OH is 1. The SMILES string of the molecule is CC(C)C(=O)C1=C(O)C(=O)N(c2ccc(-c3ccsc3)cc2)C1c1ccc[nH]c1=O. The number of carbonyl (C=O) groups is 2. The van der Waals surface area contributed by atoms with Crippen LogP contribution in [-0.4, -0.2) is 21.8 Å². The summed E-state index contributed by atoms with van der Waals surface area (Å²) in [6.07, 6.45) is 1.48. The first-order valence-electron chi connectivity index (χ1n) is 9.51. The molecule has 0 spiro atoms. The third-order valence-electron chi connectivity index (χ3n) is 5.14. The number of hydrogen-bond donors (Lipinski definition) is 2. The number of hydrogen-bond acceptors (Lipinski definition) is 5. The molecule has 0 aliphatic carbocycles. The Hall–Kier alpha value is -3.45. The topological polar surface area (TPSA) is 90.5 Å². The number of Topliss-reactive ketones (excluding diaryl/α,β-unsaturated/α-hetero) is 1. The highest BCUT2D eigenvalue weighted by atomic mass is 32.1. The van der Waals surface area contributed by atoms with Crippen LogP contribution in [0.2, 0.25) is 0 Å². The largest absolute Gasteiger partial charge is 0.503 e. The molecule has 4 rings (SSSR count). The van der Waals surface area contributed by atoms with Crippen LogP contribution in [0.4, 0.5) is 5.69 Å². The predicted molar refractivity (Wildman–Crippen MR) is 117 cm³/mol. The summed E-state index contributed by atoms with van der Waals surface area (Å²) in [6.45, 7) is 3.38. The summed E-state index contributed by atoms with van der Waals surface area (Å²) in [5, 5.41) is 14.6. The number of nitrogens with one attached hydrogen (secondary N) is 1. The molecule has 0 bridgehead atoms. The minimum Gasteiger partial charge on any atom is -0.503 e. The van der Waals surface area contributed by atoms with E-state index < -0.39 is 29.2 Å². The summed E-state index contributed by atoms with van der Waals surface area (Å²) in [4.78, 5) is 42.3. The number of H-pyrrole nitrogens is 1. The van der Waals surface area contributed by atoms with E-state index in [1.54, 1.807) is 49.4 Å². The smallest absolute Gasteiger partial charge is 0.294 e. The minimum absolute atomic E-state index is 0.0476. The Balaban J connectivity index is 1.84. The van der Waals surface area contributed by atoms with Crippen molar-refractivity contribution in [2.75, 3.05) is 4.90 Å². The third-order valence-corrected chi connectivity index (χ3v) is 5.82. The molecular weight excluding hydrogens is 400 g/mol. The monoisotopic (exact) mass is 420 g/mol. The van der Waals surface area contributed by atoms with Crippen LogP contribution in [0, 0.1) is 5.92 Å². The van der Waals surface area contributed by atoms with Gasteiger partial charge in [-0.2, -0.15) is 11.3 Å². The van der Waals surface area contributed by atoms with Crippen molar-refractivity contribution in [3.63, 3.8) is 0 Å². The van der Waals surface area contributed by atoms with Crippen molar-refractivity contribution in [1.82, 2.24) is 4.98 Å². The maximum absolute atomic E-state index is 13.0. The Kier molecular flexibility index (Phi) is 5.13. The summed E-state index contributed by atoms with van der Waals surface area (Å²) in [5.41, 5.74) is 2.29. The minimum atomic E-state index is -0.996. The van der Waals surface area contributed by atoms with Crippen molar-refractivity contribution in [2.24, 2.45) is 5.92 Å². The van der Waals surface area contributed by atoms with Gasteiger partial charge in [-0.1, -0.05) is 26.0 Å². The van der Waals surface area contributed by atoms with Crippen LogP contribution >= 0.6 is 11.3 Å². The number of carbonyl (C=O) groups excluding carboxylic acids is 2. The van der Waals surface area contributed by atoms with E-state index in [4.69, 9.17) is 0 Å². The number of aromatic amines is 1. The van der Waals surface area contributed by atoms with Crippen LogP contribution in [0.5, 0.6) is 0 Å². The highest BCUT2D eigenvalue weighted by molar-refractivity contribution is 7.08. The predicted octanol–water partition coefficient (Wildman–Crippen LogP) is 4.23. The molecule has 1 unspecified atom stereocenters. The molecule has 0 radical (unpaired) electrons. The van der Waals surface area contributed by atoms with E-state index in [1.807, 2.05) is 29.0 Å². The third kappa shape index (κ3) is 3.27. The van der Waals surface area contributed by atoms with Crippen LogP contribution < -0.4 is 10.5 Å². The van der Waals surface area contributed by atoms with Crippen LogP contribution in [0.3, 0.4) is 0 Å². The Bertz CT molecular complexity index is 1190. The maximum Gasteiger partial charge on any atom is 0.294 e. The normalized spacial score (nSPS) is 16.6. The average Bonchev–Trinajstić information content (AvgIpc) is 3.36. The van der Waals surface area contributed by atoms with Gasteiger partial charge >= 0.3 is 0 Å². The van der Waals surface area contributed by atoms with Gasteiger partial charge in [0.15, 0.2) is 11.5 Å². The van der Waals surface area contributed by atoms with E-state index >= 15 is 0 Å². The maximum atomic E-state index is 13.0. The van der Waals surface area contributed by atoms with Crippen molar-refractivity contribution in [1.29, 1.82) is 0 Å². The molecule has 1 aliphatic rings. The number of nitrogens with zero attached hydrogens (tertiary/aromatic N) is 1. The highest BCUT2D eigenvalue weighted by Crippen LogP contribution is 2.41. The van der Waals surface area contributed by atoms with Crippen LogP contribution in [0.25, 0.3) is 11.1 Å². The summed E-state index contributed by atoms with van der Waals surface area (Å²) in [5.74, 6) is -2.12. The van der Waals surface area contributed by atoms with Crippen molar-refractivity contribution in [3.8, 4) is 11.1 Å². The Morgan fingerprint density at radius 2 is 1.83 bits per heavy atom. The van der Waals surface area contributed by atoms with Crippen LogP contribution in [0.15, 0.2) is 75.5 Å². The van der Waals surface area contributed by atoms with Gasteiger partial charge < -0.3 is 10.1 Å². The van der Waals surface area contributed by atoms with Crippen LogP contribution in [0.1, 0.15) is 25.5 Å². The molecule has 1 atom stereocenters. The van der Waals surface area contributed by atoms with Gasteiger partial charge in [0.2, 0.25) is 0 Å². The quantitative estimate of drug-likeness (QED) is 0.646. The fourth-order valence-electron chi connectivity index (χ4n) is 3.62. The van der Waals surface area contributed by atoms with Crippen molar-refractivity contribution >= 4 is 28.7 Å². The number of benzene rings is 1. The first kappa shape index (κ1) is 19.8. The second-order valence-corrected chi connectivity index (χ2v) is 8.15. The molecule has 0 saturated heterocycles. The molecule has 1 aromatic carbocycles. The van der Waals surface area contributed by atoms with E-state index in [1.165, 1.54) is 11.1 Å². The van der Waals surface area contributed by atoms with E-state index in [2.05, 4.69) is 4.98 Å². The van der Waals surface area contributed by atoms with Gasteiger partial charge in [-0.25, -0.2) is 0 Å². The van der Waals surface area contributed by atoms with E-state index in [-0.39, 0.29) is 16.9 Å². The molecule has 0 fully saturated rings. The second-order valence-electron chi connectivity index (χ2n) is 7.37. The Labute approximate surface area is 177 Å². The van der Waals surface area contributed by atoms with Crippen molar-refractivity contribution in [2.45, 2.75) is 19.9 Å². The van der Waals surface area contributed by atoms with Gasteiger partial charge in [0, 0.05) is 23.4 Å². The lowest BCUT2D eigenvalue weighted by Crippen LogP contribution is -2.34. The van der Waals surface area contributed by atoms with Gasteiger partial charge in [0.1, 0.15) is 6.04 Å².